The highest BCUT2D eigenvalue weighted by Crippen LogP contribution is 2.20. The van der Waals surface area contributed by atoms with Gasteiger partial charge in [-0.2, -0.15) is 0 Å². The van der Waals surface area contributed by atoms with E-state index in [-0.39, 0.29) is 18.0 Å². The second-order valence-electron chi connectivity index (χ2n) is 3.78. The molecule has 0 radical (unpaired) electrons. The summed E-state index contributed by atoms with van der Waals surface area (Å²) in [6, 6.07) is 3.44. The molecular weight excluding hydrogens is 239 g/mol. The van der Waals surface area contributed by atoms with E-state index in [9.17, 15) is 14.0 Å². The third kappa shape index (κ3) is 3.44. The van der Waals surface area contributed by atoms with Crippen molar-refractivity contribution in [1.29, 1.82) is 0 Å². The molecule has 0 aromatic heterocycles. The molecule has 1 amide bonds. The largest absolute Gasteiger partial charge is 0.478 e. The zero-order valence-electron chi connectivity index (χ0n) is 10.2. The van der Waals surface area contributed by atoms with Crippen LogP contribution in [0.25, 0.3) is 0 Å². The predicted octanol–water partition coefficient (Wildman–Crippen LogP) is 1.10. The minimum atomic E-state index is -1.23. The number of nitrogens with one attached hydrogen (secondary N) is 1. The number of amides is 1. The second kappa shape index (κ2) is 6.00. The average Bonchev–Trinajstić information content (AvgIpc) is 2.28. The van der Waals surface area contributed by atoms with Crippen molar-refractivity contribution in [1.82, 2.24) is 5.32 Å². The summed E-state index contributed by atoms with van der Waals surface area (Å²) < 4.78 is 13.0. The summed E-state index contributed by atoms with van der Waals surface area (Å²) in [6.45, 7) is 2.31. The number of aromatic carboxylic acids is 1. The lowest BCUT2D eigenvalue weighted by molar-refractivity contribution is -0.119. The van der Waals surface area contributed by atoms with Gasteiger partial charge in [-0.3, -0.25) is 4.79 Å². The number of carbonyl (C=O) groups is 2. The number of benzene rings is 1. The van der Waals surface area contributed by atoms with Crippen LogP contribution in [0.2, 0.25) is 0 Å². The zero-order chi connectivity index (χ0) is 13.7. The lowest BCUT2D eigenvalue weighted by atomic mass is 10.1. The predicted molar refractivity (Wildman–Crippen MR) is 65.3 cm³/mol. The highest BCUT2D eigenvalue weighted by atomic mass is 19.1. The van der Waals surface area contributed by atoms with E-state index in [2.05, 4.69) is 5.32 Å². The van der Waals surface area contributed by atoms with Crippen molar-refractivity contribution in [3.05, 3.63) is 29.6 Å². The number of rotatable bonds is 5. The van der Waals surface area contributed by atoms with Gasteiger partial charge in [0.15, 0.2) is 0 Å². The van der Waals surface area contributed by atoms with Crippen molar-refractivity contribution in [2.45, 2.75) is 6.92 Å². The van der Waals surface area contributed by atoms with Gasteiger partial charge in [0.1, 0.15) is 5.82 Å². The zero-order valence-corrected chi connectivity index (χ0v) is 10.2. The van der Waals surface area contributed by atoms with Gasteiger partial charge in [0.25, 0.3) is 0 Å². The lowest BCUT2D eigenvalue weighted by Crippen LogP contribution is -2.35. The summed E-state index contributed by atoms with van der Waals surface area (Å²) in [7, 11) is 1.58. The first-order valence-electron chi connectivity index (χ1n) is 5.46. The fourth-order valence-electron chi connectivity index (χ4n) is 1.57. The molecule has 0 saturated carbocycles. The summed E-state index contributed by atoms with van der Waals surface area (Å²) in [4.78, 5) is 23.9. The van der Waals surface area contributed by atoms with Crippen molar-refractivity contribution >= 4 is 17.6 Å². The molecule has 0 spiro atoms. The maximum absolute atomic E-state index is 13.0. The third-order valence-corrected chi connectivity index (χ3v) is 2.35. The maximum Gasteiger partial charge on any atom is 0.337 e. The molecular formula is C12H15FN2O3. The van der Waals surface area contributed by atoms with Crippen LogP contribution in [0.15, 0.2) is 18.2 Å². The maximum atomic E-state index is 13.0. The van der Waals surface area contributed by atoms with E-state index in [0.29, 0.717) is 12.2 Å². The fraction of sp³-hybridized carbons (Fsp3) is 0.333. The monoisotopic (exact) mass is 254 g/mol. The van der Waals surface area contributed by atoms with Gasteiger partial charge in [-0.25, -0.2) is 9.18 Å². The van der Waals surface area contributed by atoms with Crippen LogP contribution in [0.1, 0.15) is 17.3 Å². The van der Waals surface area contributed by atoms with Gasteiger partial charge in [-0.05, 0) is 25.1 Å². The molecule has 1 aromatic rings. The molecule has 5 nitrogen and oxygen atoms in total. The SMILES string of the molecule is CCNC(=O)CN(C)c1ccc(F)cc1C(=O)O. The van der Waals surface area contributed by atoms with Crippen LogP contribution < -0.4 is 10.2 Å². The molecule has 1 rings (SSSR count). The molecule has 98 valence electrons. The van der Waals surface area contributed by atoms with Crippen LogP contribution in [0.5, 0.6) is 0 Å². The third-order valence-electron chi connectivity index (χ3n) is 2.35. The smallest absolute Gasteiger partial charge is 0.337 e. The molecule has 0 aliphatic carbocycles. The number of anilines is 1. The Morgan fingerprint density at radius 2 is 2.11 bits per heavy atom. The van der Waals surface area contributed by atoms with Gasteiger partial charge in [0, 0.05) is 13.6 Å². The summed E-state index contributed by atoms with van der Waals surface area (Å²) >= 11 is 0. The van der Waals surface area contributed by atoms with E-state index in [1.54, 1.807) is 14.0 Å². The highest BCUT2D eigenvalue weighted by molar-refractivity contribution is 5.95. The molecule has 0 atom stereocenters. The van der Waals surface area contributed by atoms with Crippen molar-refractivity contribution in [2.24, 2.45) is 0 Å². The summed E-state index contributed by atoms with van der Waals surface area (Å²) in [5, 5.41) is 11.6. The Balaban J connectivity index is 2.94. The van der Waals surface area contributed by atoms with Crippen molar-refractivity contribution in [2.75, 3.05) is 25.0 Å². The Kier molecular flexibility index (Phi) is 4.65. The average molecular weight is 254 g/mol. The molecule has 0 saturated heterocycles. The number of carbonyl (C=O) groups excluding carboxylic acids is 1. The van der Waals surface area contributed by atoms with E-state index in [4.69, 9.17) is 5.11 Å². The van der Waals surface area contributed by atoms with Crippen LogP contribution in [0.4, 0.5) is 10.1 Å². The van der Waals surface area contributed by atoms with Crippen molar-refractivity contribution in [3.8, 4) is 0 Å². The Hall–Kier alpha value is -2.11. The van der Waals surface area contributed by atoms with Gasteiger partial charge < -0.3 is 15.3 Å². The fourth-order valence-corrected chi connectivity index (χ4v) is 1.57. The molecule has 0 bridgehead atoms. The first-order valence-corrected chi connectivity index (χ1v) is 5.46. The lowest BCUT2D eigenvalue weighted by Gasteiger charge is -2.20. The van der Waals surface area contributed by atoms with E-state index in [0.717, 1.165) is 12.1 Å². The topological polar surface area (TPSA) is 69.6 Å². The molecule has 0 fully saturated rings. The Morgan fingerprint density at radius 1 is 1.44 bits per heavy atom. The van der Waals surface area contributed by atoms with E-state index < -0.39 is 11.8 Å². The molecule has 0 aliphatic rings. The van der Waals surface area contributed by atoms with Gasteiger partial charge in [-0.15, -0.1) is 0 Å². The quantitative estimate of drug-likeness (QED) is 0.825. The number of nitrogens with zero attached hydrogens (tertiary/aromatic N) is 1. The van der Waals surface area contributed by atoms with Crippen LogP contribution >= 0.6 is 0 Å². The number of halogens is 1. The minimum Gasteiger partial charge on any atom is -0.478 e. The highest BCUT2D eigenvalue weighted by Gasteiger charge is 2.16. The van der Waals surface area contributed by atoms with Gasteiger partial charge in [-0.1, -0.05) is 0 Å². The van der Waals surface area contributed by atoms with Gasteiger partial charge in [0.05, 0.1) is 17.8 Å². The van der Waals surface area contributed by atoms with Crippen molar-refractivity contribution in [3.63, 3.8) is 0 Å². The van der Waals surface area contributed by atoms with Crippen LogP contribution in [0.3, 0.4) is 0 Å². The van der Waals surface area contributed by atoms with E-state index in [1.165, 1.54) is 11.0 Å². The van der Waals surface area contributed by atoms with Crippen LogP contribution in [0, 0.1) is 5.82 Å². The summed E-state index contributed by atoms with van der Waals surface area (Å²) in [5.41, 5.74) is 0.136. The van der Waals surface area contributed by atoms with Gasteiger partial charge >= 0.3 is 5.97 Å². The van der Waals surface area contributed by atoms with Gasteiger partial charge in [0.2, 0.25) is 5.91 Å². The molecule has 0 heterocycles. The number of hydrogen-bond donors (Lipinski definition) is 2. The van der Waals surface area contributed by atoms with Crippen molar-refractivity contribution < 1.29 is 19.1 Å². The number of likely N-dealkylation sites (N-methyl/N-ethyl adjacent to an activating group) is 2. The van der Waals surface area contributed by atoms with Crippen LogP contribution in [-0.4, -0.2) is 37.1 Å². The molecule has 2 N–H and O–H groups in total. The van der Waals surface area contributed by atoms with E-state index in [1.807, 2.05) is 0 Å². The number of carboxylic acid groups (broad SMARTS) is 1. The molecule has 18 heavy (non-hydrogen) atoms. The number of hydrogen-bond acceptors (Lipinski definition) is 3. The number of carboxylic acids is 1. The van der Waals surface area contributed by atoms with E-state index >= 15 is 0 Å². The molecule has 0 unspecified atom stereocenters. The first-order chi connectivity index (χ1) is 8.45. The minimum absolute atomic E-state index is 0.0136. The Morgan fingerprint density at radius 3 is 2.67 bits per heavy atom. The molecule has 6 heteroatoms. The normalized spacial score (nSPS) is 9.94. The Labute approximate surface area is 104 Å². The first kappa shape index (κ1) is 14.0. The second-order valence-corrected chi connectivity index (χ2v) is 3.78. The van der Waals surface area contributed by atoms with Crippen LogP contribution in [-0.2, 0) is 4.79 Å². The molecule has 1 aromatic carbocycles. The Bertz CT molecular complexity index is 463. The molecule has 0 aliphatic heterocycles. The summed E-state index contributed by atoms with van der Waals surface area (Å²) in [5.74, 6) is -2.07. The standard InChI is InChI=1S/C12H15FN2O3/c1-3-14-11(16)7-15(2)10-5-4-8(13)6-9(10)12(17)18/h4-6H,3,7H2,1-2H3,(H,14,16)(H,17,18). The summed E-state index contributed by atoms with van der Waals surface area (Å²) in [6.07, 6.45) is 0.